The second kappa shape index (κ2) is 21.7. The van der Waals surface area contributed by atoms with Crippen molar-refractivity contribution in [3.8, 4) is 34.1 Å². The molecule has 0 amide bonds. The molecule has 0 aromatic heterocycles. The van der Waals surface area contributed by atoms with E-state index >= 15 is 0 Å². The molecule has 4 rings (SSSR count). The molecule has 11 heteroatoms. The van der Waals surface area contributed by atoms with Crippen LogP contribution < -0.4 is 18.9 Å². The number of carbonyl (C=O) groups is 5. The quantitative estimate of drug-likeness (QED) is 0.0478. The number of esters is 5. The van der Waals surface area contributed by atoms with Gasteiger partial charge in [0.2, 0.25) is 0 Å². The number of aryl methyl sites for hydroxylation is 1. The third-order valence-electron chi connectivity index (χ3n) is 9.12. The van der Waals surface area contributed by atoms with Crippen LogP contribution in [0.15, 0.2) is 134 Å². The largest absolute Gasteiger partial charge is 0.494 e. The van der Waals surface area contributed by atoms with Crippen LogP contribution in [0.2, 0.25) is 0 Å². The number of benzene rings is 4. The molecule has 0 bridgehead atoms. The standard InChI is InChI=1S/C49H50O11/c1-9-26-49(30-56-45(51)32(2)3,31-57-46(52)33(4)5)27-28-55-40-19-15-38(16-20-40)37-13-10-36(11-14-37)12-25-44(50)60-43-24-23-42(29-35(43)8)59-48(54)39-17-21-41(22-18-39)58-47(53)34(6)7/h10-25,29H,2,4,6,9,26-28,30-31H2,1,3,5,7-8H3/b25-12+. The summed E-state index contributed by atoms with van der Waals surface area (Å²) in [5.41, 5.74) is 3.71. The molecule has 60 heavy (non-hydrogen) atoms. The monoisotopic (exact) mass is 814 g/mol. The van der Waals surface area contributed by atoms with Crippen molar-refractivity contribution in [3.63, 3.8) is 0 Å². The molecular formula is C49H50O11. The zero-order valence-electron chi connectivity index (χ0n) is 34.7. The summed E-state index contributed by atoms with van der Waals surface area (Å²) < 4.78 is 33.3. The van der Waals surface area contributed by atoms with E-state index in [1.807, 2.05) is 55.5 Å². The van der Waals surface area contributed by atoms with E-state index in [0.29, 0.717) is 36.5 Å². The summed E-state index contributed by atoms with van der Waals surface area (Å²) in [6, 6.07) is 25.9. The molecule has 0 fully saturated rings. The van der Waals surface area contributed by atoms with Crippen molar-refractivity contribution < 1.29 is 52.4 Å². The van der Waals surface area contributed by atoms with Gasteiger partial charge in [0.05, 0.1) is 12.2 Å². The van der Waals surface area contributed by atoms with Gasteiger partial charge in [0.25, 0.3) is 0 Å². The number of rotatable bonds is 20. The maximum Gasteiger partial charge on any atom is 0.343 e. The second-order valence-electron chi connectivity index (χ2n) is 14.5. The minimum Gasteiger partial charge on any atom is -0.494 e. The maximum atomic E-state index is 12.7. The number of ether oxygens (including phenoxy) is 6. The van der Waals surface area contributed by atoms with Crippen molar-refractivity contribution in [2.75, 3.05) is 19.8 Å². The van der Waals surface area contributed by atoms with E-state index in [1.165, 1.54) is 43.3 Å². The molecule has 0 saturated heterocycles. The summed E-state index contributed by atoms with van der Waals surface area (Å²) in [7, 11) is 0. The van der Waals surface area contributed by atoms with E-state index in [0.717, 1.165) is 23.1 Å². The third-order valence-corrected chi connectivity index (χ3v) is 9.12. The fourth-order valence-corrected chi connectivity index (χ4v) is 5.71. The highest BCUT2D eigenvalue weighted by atomic mass is 16.6. The first-order chi connectivity index (χ1) is 28.6. The van der Waals surface area contributed by atoms with Crippen molar-refractivity contribution in [2.24, 2.45) is 5.41 Å². The van der Waals surface area contributed by atoms with Crippen molar-refractivity contribution >= 4 is 35.9 Å². The van der Waals surface area contributed by atoms with Crippen LogP contribution in [0.1, 0.15) is 68.4 Å². The highest BCUT2D eigenvalue weighted by Crippen LogP contribution is 2.32. The fraction of sp³-hybridized carbons (Fsp3) is 0.245. The minimum atomic E-state index is -0.649. The van der Waals surface area contributed by atoms with Crippen LogP contribution in [-0.4, -0.2) is 49.7 Å². The van der Waals surface area contributed by atoms with Gasteiger partial charge < -0.3 is 28.4 Å². The molecule has 4 aromatic rings. The molecule has 0 spiro atoms. The Hall–Kier alpha value is -7.01. The van der Waals surface area contributed by atoms with Gasteiger partial charge in [-0.2, -0.15) is 0 Å². The summed E-state index contributed by atoms with van der Waals surface area (Å²) in [6.07, 6.45) is 4.86. The molecule has 0 radical (unpaired) electrons. The van der Waals surface area contributed by atoms with Gasteiger partial charge in [-0.25, -0.2) is 24.0 Å². The Balaban J connectivity index is 1.29. The molecule has 0 aliphatic rings. The van der Waals surface area contributed by atoms with Crippen LogP contribution in [0.5, 0.6) is 23.0 Å². The Morgan fingerprint density at radius 2 is 1.15 bits per heavy atom. The zero-order chi connectivity index (χ0) is 43.8. The highest BCUT2D eigenvalue weighted by Gasteiger charge is 2.33. The highest BCUT2D eigenvalue weighted by molar-refractivity contribution is 5.92. The van der Waals surface area contributed by atoms with Crippen molar-refractivity contribution in [1.29, 1.82) is 0 Å². The number of carbonyl (C=O) groups excluding carboxylic acids is 5. The topological polar surface area (TPSA) is 141 Å². The van der Waals surface area contributed by atoms with E-state index < -0.39 is 35.3 Å². The van der Waals surface area contributed by atoms with Gasteiger partial charge >= 0.3 is 29.8 Å². The molecule has 0 saturated carbocycles. The molecule has 11 nitrogen and oxygen atoms in total. The predicted molar refractivity (Wildman–Crippen MR) is 229 cm³/mol. The first kappa shape index (κ1) is 45.7. The van der Waals surface area contributed by atoms with E-state index in [2.05, 4.69) is 19.7 Å². The lowest BCUT2D eigenvalue weighted by atomic mass is 9.82. The molecule has 0 N–H and O–H groups in total. The van der Waals surface area contributed by atoms with Crippen molar-refractivity contribution in [3.05, 3.63) is 150 Å². The average Bonchev–Trinajstić information content (AvgIpc) is 3.22. The maximum absolute atomic E-state index is 12.7. The van der Waals surface area contributed by atoms with Gasteiger partial charge in [-0.1, -0.05) is 69.5 Å². The van der Waals surface area contributed by atoms with Crippen LogP contribution in [0.4, 0.5) is 0 Å². The third kappa shape index (κ3) is 13.8. The summed E-state index contributed by atoms with van der Waals surface area (Å²) in [5, 5.41) is 0. The first-order valence-corrected chi connectivity index (χ1v) is 19.3. The summed E-state index contributed by atoms with van der Waals surface area (Å²) in [5.74, 6) is -1.28. The Morgan fingerprint density at radius 3 is 1.68 bits per heavy atom. The van der Waals surface area contributed by atoms with Gasteiger partial charge in [0.15, 0.2) is 0 Å². The predicted octanol–water partition coefficient (Wildman–Crippen LogP) is 9.78. The lowest BCUT2D eigenvalue weighted by Crippen LogP contribution is -2.36. The van der Waals surface area contributed by atoms with Gasteiger partial charge in [0, 0.05) is 28.2 Å². The van der Waals surface area contributed by atoms with Crippen LogP contribution >= 0.6 is 0 Å². The molecular weight excluding hydrogens is 765 g/mol. The van der Waals surface area contributed by atoms with Gasteiger partial charge in [-0.05, 0) is 123 Å². The number of hydrogen-bond donors (Lipinski definition) is 0. The molecule has 0 heterocycles. The SMILES string of the molecule is C=C(C)C(=O)OCC(CCC)(CCOc1ccc(-c2ccc(/C=C/C(=O)Oc3ccc(OC(=O)c4ccc(OC(=O)C(=C)C)cc4)cc3C)cc2)cc1)COC(=O)C(=C)C. The van der Waals surface area contributed by atoms with E-state index in [1.54, 1.807) is 39.0 Å². The van der Waals surface area contributed by atoms with Crippen molar-refractivity contribution in [1.82, 2.24) is 0 Å². The molecule has 0 unspecified atom stereocenters. The second-order valence-corrected chi connectivity index (χ2v) is 14.5. The summed E-state index contributed by atoms with van der Waals surface area (Å²) >= 11 is 0. The minimum absolute atomic E-state index is 0.0528. The van der Waals surface area contributed by atoms with Crippen LogP contribution in [0, 0.1) is 12.3 Å². The van der Waals surface area contributed by atoms with Gasteiger partial charge in [-0.15, -0.1) is 0 Å². The van der Waals surface area contributed by atoms with Crippen LogP contribution in [-0.2, 0) is 28.7 Å². The molecule has 0 atom stereocenters. The number of hydrogen-bond acceptors (Lipinski definition) is 11. The summed E-state index contributed by atoms with van der Waals surface area (Å²) in [6.45, 7) is 19.7. The Morgan fingerprint density at radius 1 is 0.617 bits per heavy atom. The molecule has 4 aromatic carbocycles. The normalized spacial score (nSPS) is 10.9. The molecule has 312 valence electrons. The van der Waals surface area contributed by atoms with Gasteiger partial charge in [0.1, 0.15) is 36.2 Å². The van der Waals surface area contributed by atoms with Gasteiger partial charge in [-0.3, -0.25) is 0 Å². The van der Waals surface area contributed by atoms with E-state index in [-0.39, 0.29) is 47.0 Å². The van der Waals surface area contributed by atoms with Crippen molar-refractivity contribution in [2.45, 2.75) is 53.9 Å². The zero-order valence-corrected chi connectivity index (χ0v) is 34.7. The molecule has 0 aliphatic heterocycles. The average molecular weight is 815 g/mol. The van der Waals surface area contributed by atoms with E-state index in [4.69, 9.17) is 28.4 Å². The first-order valence-electron chi connectivity index (χ1n) is 19.3. The lowest BCUT2D eigenvalue weighted by molar-refractivity contribution is -0.150. The Kier molecular flexibility index (Phi) is 16.5. The Bertz CT molecular complexity index is 2220. The van der Waals surface area contributed by atoms with Crippen LogP contribution in [0.25, 0.3) is 17.2 Å². The lowest BCUT2D eigenvalue weighted by Gasteiger charge is -2.32. The smallest absolute Gasteiger partial charge is 0.343 e. The fourth-order valence-electron chi connectivity index (χ4n) is 5.71. The Labute approximate surface area is 350 Å². The molecule has 0 aliphatic carbocycles. The summed E-state index contributed by atoms with van der Waals surface area (Å²) in [4.78, 5) is 61.5. The van der Waals surface area contributed by atoms with E-state index in [9.17, 15) is 24.0 Å². The van der Waals surface area contributed by atoms with Crippen LogP contribution in [0.3, 0.4) is 0 Å².